The Bertz CT molecular complexity index is 1150. The zero-order chi connectivity index (χ0) is 17.4. The van der Waals surface area contributed by atoms with Crippen LogP contribution in [0.4, 0.5) is 0 Å². The number of nitrogens with zero attached hydrogens (tertiary/aromatic N) is 1. The van der Waals surface area contributed by atoms with E-state index in [4.69, 9.17) is 20.8 Å². The molecule has 0 aliphatic carbocycles. The summed E-state index contributed by atoms with van der Waals surface area (Å²) in [5.74, 6) is 0.602. The maximum Gasteiger partial charge on any atom is 0.336 e. The predicted octanol–water partition coefficient (Wildman–Crippen LogP) is 4.88. The van der Waals surface area contributed by atoms with Crippen molar-refractivity contribution in [1.29, 1.82) is 0 Å². The Morgan fingerprint density at radius 2 is 1.96 bits per heavy atom. The zero-order valence-corrected chi connectivity index (χ0v) is 14.2. The van der Waals surface area contributed by atoms with E-state index in [9.17, 15) is 4.79 Å². The van der Waals surface area contributed by atoms with Crippen LogP contribution in [0, 0.1) is 6.92 Å². The first kappa shape index (κ1) is 15.7. The van der Waals surface area contributed by atoms with Gasteiger partial charge in [-0.25, -0.2) is 9.78 Å². The number of hydrogen-bond acceptors (Lipinski definition) is 4. The molecule has 4 nitrogen and oxygen atoms in total. The normalized spacial score (nSPS) is 11.1. The quantitative estimate of drug-likeness (QED) is 0.390. The summed E-state index contributed by atoms with van der Waals surface area (Å²) in [5.41, 5.74) is 2.65. The molecule has 2 heterocycles. The van der Waals surface area contributed by atoms with Crippen LogP contribution in [0.2, 0.25) is 5.15 Å². The highest BCUT2D eigenvalue weighted by Gasteiger charge is 2.08. The second-order valence-corrected chi connectivity index (χ2v) is 6.18. The lowest BCUT2D eigenvalue weighted by Crippen LogP contribution is -2.00. The Hall–Kier alpha value is -2.85. The second-order valence-electron chi connectivity index (χ2n) is 5.83. The minimum absolute atomic E-state index is 0.276. The lowest BCUT2D eigenvalue weighted by Gasteiger charge is -2.09. The van der Waals surface area contributed by atoms with Crippen molar-refractivity contribution in [1.82, 2.24) is 4.98 Å². The van der Waals surface area contributed by atoms with Gasteiger partial charge in [0, 0.05) is 28.5 Å². The number of fused-ring (bicyclic) bond motifs is 2. The number of benzene rings is 2. The molecule has 2 aromatic heterocycles. The Kier molecular flexibility index (Phi) is 3.90. The maximum atomic E-state index is 11.5. The lowest BCUT2D eigenvalue weighted by atomic mass is 10.1. The lowest BCUT2D eigenvalue weighted by molar-refractivity contribution is 0.306. The van der Waals surface area contributed by atoms with Gasteiger partial charge in [0.15, 0.2) is 0 Å². The van der Waals surface area contributed by atoms with Gasteiger partial charge in [0.05, 0.1) is 5.52 Å². The third-order valence-electron chi connectivity index (χ3n) is 4.07. The minimum Gasteiger partial charge on any atom is -0.489 e. The maximum absolute atomic E-state index is 11.5. The third kappa shape index (κ3) is 3.08. The van der Waals surface area contributed by atoms with Gasteiger partial charge in [-0.15, -0.1) is 0 Å². The average Bonchev–Trinajstić information content (AvgIpc) is 2.59. The molecule has 0 radical (unpaired) electrons. The van der Waals surface area contributed by atoms with Crippen molar-refractivity contribution in [3.05, 3.63) is 81.3 Å². The number of aromatic nitrogens is 1. The van der Waals surface area contributed by atoms with E-state index in [2.05, 4.69) is 4.98 Å². The highest BCUT2D eigenvalue weighted by Crippen LogP contribution is 2.25. The molecule has 0 atom stereocenters. The summed E-state index contributed by atoms with van der Waals surface area (Å²) < 4.78 is 11.1. The van der Waals surface area contributed by atoms with Crippen molar-refractivity contribution in [2.24, 2.45) is 0 Å². The van der Waals surface area contributed by atoms with Crippen LogP contribution in [0.3, 0.4) is 0 Å². The van der Waals surface area contributed by atoms with Crippen LogP contribution in [0.15, 0.2) is 63.8 Å². The molecule has 0 N–H and O–H groups in total. The molecule has 0 spiro atoms. The van der Waals surface area contributed by atoms with Gasteiger partial charge >= 0.3 is 5.63 Å². The first-order chi connectivity index (χ1) is 12.1. The molecule has 0 amide bonds. The molecule has 2 aromatic carbocycles. The van der Waals surface area contributed by atoms with E-state index >= 15 is 0 Å². The molecule has 0 saturated heterocycles. The number of para-hydroxylation sites is 1. The summed E-state index contributed by atoms with van der Waals surface area (Å²) in [5, 5.41) is 2.31. The van der Waals surface area contributed by atoms with Crippen molar-refractivity contribution in [2.45, 2.75) is 13.5 Å². The number of pyridine rings is 1. The van der Waals surface area contributed by atoms with Gasteiger partial charge in [-0.2, -0.15) is 0 Å². The largest absolute Gasteiger partial charge is 0.489 e. The molecule has 0 unspecified atom stereocenters. The monoisotopic (exact) mass is 351 g/mol. The molecule has 0 aliphatic rings. The molecule has 4 rings (SSSR count). The van der Waals surface area contributed by atoms with Crippen LogP contribution in [0.5, 0.6) is 5.75 Å². The molecular weight excluding hydrogens is 338 g/mol. The van der Waals surface area contributed by atoms with Gasteiger partial charge in [-0.3, -0.25) is 0 Å². The third-order valence-corrected chi connectivity index (χ3v) is 4.39. The van der Waals surface area contributed by atoms with Crippen LogP contribution in [-0.2, 0) is 6.61 Å². The number of rotatable bonds is 3. The van der Waals surface area contributed by atoms with E-state index in [1.807, 2.05) is 49.4 Å². The van der Waals surface area contributed by atoms with E-state index in [0.717, 1.165) is 27.4 Å². The summed E-state index contributed by atoms with van der Waals surface area (Å²) in [6, 6.07) is 16.7. The molecule has 0 bridgehead atoms. The van der Waals surface area contributed by atoms with Crippen molar-refractivity contribution in [3.8, 4) is 5.75 Å². The summed E-state index contributed by atoms with van der Waals surface area (Å²) in [7, 11) is 0. The van der Waals surface area contributed by atoms with Crippen molar-refractivity contribution in [3.63, 3.8) is 0 Å². The van der Waals surface area contributed by atoms with Gasteiger partial charge in [-0.1, -0.05) is 29.8 Å². The smallest absolute Gasteiger partial charge is 0.336 e. The minimum atomic E-state index is -0.371. The van der Waals surface area contributed by atoms with E-state index in [-0.39, 0.29) is 12.2 Å². The van der Waals surface area contributed by atoms with Gasteiger partial charge in [-0.05, 0) is 36.8 Å². The SMILES string of the molecule is Cc1cc(=O)oc2cc(OCc3cc4ccccc4nc3Cl)ccc12. The Labute approximate surface area is 148 Å². The van der Waals surface area contributed by atoms with Gasteiger partial charge < -0.3 is 9.15 Å². The van der Waals surface area contributed by atoms with E-state index in [1.54, 1.807) is 6.07 Å². The fraction of sp³-hybridized carbons (Fsp3) is 0.100. The van der Waals surface area contributed by atoms with Crippen molar-refractivity contribution in [2.75, 3.05) is 0 Å². The summed E-state index contributed by atoms with van der Waals surface area (Å²) in [6.07, 6.45) is 0. The molecule has 4 aromatic rings. The number of aryl methyl sites for hydroxylation is 1. The van der Waals surface area contributed by atoms with Crippen LogP contribution in [-0.4, -0.2) is 4.98 Å². The fourth-order valence-electron chi connectivity index (χ4n) is 2.79. The van der Waals surface area contributed by atoms with Gasteiger partial charge in [0.2, 0.25) is 0 Å². The van der Waals surface area contributed by atoms with Crippen LogP contribution >= 0.6 is 11.6 Å². The Morgan fingerprint density at radius 3 is 2.84 bits per heavy atom. The van der Waals surface area contributed by atoms with E-state index in [0.29, 0.717) is 16.5 Å². The first-order valence-corrected chi connectivity index (χ1v) is 8.19. The van der Waals surface area contributed by atoms with Crippen molar-refractivity contribution < 1.29 is 9.15 Å². The average molecular weight is 352 g/mol. The number of halogens is 1. The highest BCUT2D eigenvalue weighted by atomic mass is 35.5. The molecule has 0 aliphatic heterocycles. The van der Waals surface area contributed by atoms with Gasteiger partial charge in [0.1, 0.15) is 23.1 Å². The predicted molar refractivity (Wildman–Crippen MR) is 98.3 cm³/mol. The van der Waals surface area contributed by atoms with E-state index < -0.39 is 0 Å². The summed E-state index contributed by atoms with van der Waals surface area (Å²) >= 11 is 6.26. The topological polar surface area (TPSA) is 52.3 Å². The molecule has 124 valence electrons. The number of hydrogen-bond donors (Lipinski definition) is 0. The van der Waals surface area contributed by atoms with Crippen LogP contribution in [0.25, 0.3) is 21.9 Å². The number of ether oxygens (including phenoxy) is 1. The molecule has 0 saturated carbocycles. The zero-order valence-electron chi connectivity index (χ0n) is 13.5. The summed E-state index contributed by atoms with van der Waals surface area (Å²) in [4.78, 5) is 15.9. The molecule has 25 heavy (non-hydrogen) atoms. The highest BCUT2D eigenvalue weighted by molar-refractivity contribution is 6.30. The summed E-state index contributed by atoms with van der Waals surface area (Å²) in [6.45, 7) is 2.15. The molecular formula is C20H14ClNO3. The van der Waals surface area contributed by atoms with Gasteiger partial charge in [0.25, 0.3) is 0 Å². The van der Waals surface area contributed by atoms with Crippen molar-refractivity contribution >= 4 is 33.5 Å². The molecule has 5 heteroatoms. The standard InChI is InChI=1S/C20H14ClNO3/c1-12-8-19(23)25-18-10-15(6-7-16(12)18)24-11-14-9-13-4-2-3-5-17(13)22-20(14)21/h2-10H,11H2,1H3. The Morgan fingerprint density at radius 1 is 1.12 bits per heavy atom. The van der Waals surface area contributed by atoms with Crippen LogP contribution < -0.4 is 10.4 Å². The first-order valence-electron chi connectivity index (χ1n) is 7.82. The van der Waals surface area contributed by atoms with E-state index in [1.165, 1.54) is 6.07 Å². The second kappa shape index (κ2) is 6.22. The van der Waals surface area contributed by atoms with Crippen LogP contribution in [0.1, 0.15) is 11.1 Å². The fourth-order valence-corrected chi connectivity index (χ4v) is 2.99. The Balaban J connectivity index is 1.64. The molecule has 0 fully saturated rings.